The Morgan fingerprint density at radius 2 is 1.96 bits per heavy atom. The summed E-state index contributed by atoms with van der Waals surface area (Å²) in [5.41, 5.74) is 0.525. The third kappa shape index (κ3) is 6.15. The van der Waals surface area contributed by atoms with Crippen LogP contribution >= 0.6 is 0 Å². The van der Waals surface area contributed by atoms with Crippen molar-refractivity contribution in [1.29, 1.82) is 0 Å². The summed E-state index contributed by atoms with van der Waals surface area (Å²) in [4.78, 5) is 11.7. The van der Waals surface area contributed by atoms with Gasteiger partial charge in [-0.05, 0) is 42.8 Å². The zero-order chi connectivity index (χ0) is 18.3. The Morgan fingerprint density at radius 3 is 2.56 bits per heavy atom. The summed E-state index contributed by atoms with van der Waals surface area (Å²) in [5.74, 6) is 1.18. The minimum Gasteiger partial charge on any atom is -0.484 e. The number of hydrogen-bond donors (Lipinski definition) is 1. The second-order valence-corrected chi connectivity index (χ2v) is 7.56. The van der Waals surface area contributed by atoms with Gasteiger partial charge < -0.3 is 14.5 Å². The number of hydrogen-bond acceptors (Lipinski definition) is 5. The van der Waals surface area contributed by atoms with E-state index in [-0.39, 0.29) is 12.5 Å². The molecule has 0 atom stereocenters. The number of aryl methyl sites for hydroxylation is 1. The zero-order valence-corrected chi connectivity index (χ0v) is 15.1. The normalized spacial score (nSPS) is 11.1. The van der Waals surface area contributed by atoms with E-state index in [9.17, 15) is 13.2 Å². The summed E-state index contributed by atoms with van der Waals surface area (Å²) in [6, 6.07) is 10.2. The molecular formula is C17H22N2O5S. The molecule has 1 N–H and O–H groups in total. The Kier molecular flexibility index (Phi) is 6.46. The van der Waals surface area contributed by atoms with Crippen LogP contribution in [0.15, 0.2) is 47.1 Å². The highest BCUT2D eigenvalue weighted by Gasteiger charge is 2.11. The van der Waals surface area contributed by atoms with Gasteiger partial charge in [0.2, 0.25) is 10.0 Å². The van der Waals surface area contributed by atoms with Gasteiger partial charge in [-0.25, -0.2) is 8.42 Å². The van der Waals surface area contributed by atoms with Crippen LogP contribution in [0.5, 0.6) is 5.75 Å². The average Bonchev–Trinajstić information content (AvgIpc) is 3.09. The molecule has 0 aliphatic rings. The largest absolute Gasteiger partial charge is 0.484 e. The fourth-order valence-electron chi connectivity index (χ4n) is 2.09. The van der Waals surface area contributed by atoms with Gasteiger partial charge in [-0.1, -0.05) is 0 Å². The fourth-order valence-corrected chi connectivity index (χ4v) is 2.59. The van der Waals surface area contributed by atoms with Crippen LogP contribution in [0.3, 0.4) is 0 Å². The van der Waals surface area contributed by atoms with Gasteiger partial charge in [-0.3, -0.25) is 9.10 Å². The standard InChI is InChI=1S/C17H22N2O5S/c1-19(25(2,21)22)14-7-9-16(10-8-14)24-13-17(20)18-11-3-5-15-6-4-12-23-15/h4,6-10,12H,3,5,11,13H2,1-2H3,(H,18,20). The Balaban J connectivity index is 1.70. The van der Waals surface area contributed by atoms with Gasteiger partial charge in [0.25, 0.3) is 5.91 Å². The molecule has 2 rings (SSSR count). The molecule has 1 aromatic carbocycles. The fraction of sp³-hybridized carbons (Fsp3) is 0.353. The van der Waals surface area contributed by atoms with E-state index in [0.29, 0.717) is 18.0 Å². The van der Waals surface area contributed by atoms with E-state index in [0.717, 1.165) is 24.9 Å². The number of carbonyl (C=O) groups excluding carboxylic acids is 1. The summed E-state index contributed by atoms with van der Waals surface area (Å²) in [7, 11) is -1.83. The Morgan fingerprint density at radius 1 is 1.24 bits per heavy atom. The molecule has 136 valence electrons. The summed E-state index contributed by atoms with van der Waals surface area (Å²) >= 11 is 0. The lowest BCUT2D eigenvalue weighted by Crippen LogP contribution is -2.29. The number of sulfonamides is 1. The lowest BCUT2D eigenvalue weighted by Gasteiger charge is -2.16. The van der Waals surface area contributed by atoms with Crippen LogP contribution in [-0.4, -0.2) is 40.8 Å². The van der Waals surface area contributed by atoms with Gasteiger partial charge in [0.05, 0.1) is 18.2 Å². The van der Waals surface area contributed by atoms with Crippen molar-refractivity contribution in [3.63, 3.8) is 0 Å². The first-order chi connectivity index (χ1) is 11.9. The molecule has 0 aliphatic heterocycles. The first-order valence-electron chi connectivity index (χ1n) is 7.82. The third-order valence-electron chi connectivity index (χ3n) is 3.57. The molecule has 0 saturated carbocycles. The minimum absolute atomic E-state index is 0.0952. The number of amides is 1. The van der Waals surface area contributed by atoms with E-state index >= 15 is 0 Å². The molecule has 1 aromatic heterocycles. The molecule has 0 bridgehead atoms. The van der Waals surface area contributed by atoms with E-state index in [1.807, 2.05) is 12.1 Å². The molecule has 8 heteroatoms. The number of rotatable bonds is 9. The zero-order valence-electron chi connectivity index (χ0n) is 14.3. The van der Waals surface area contributed by atoms with Crippen molar-refractivity contribution >= 4 is 21.6 Å². The van der Waals surface area contributed by atoms with E-state index < -0.39 is 10.0 Å². The maximum absolute atomic E-state index is 11.7. The second kappa shape index (κ2) is 8.57. The number of carbonyl (C=O) groups is 1. The van der Waals surface area contributed by atoms with Crippen molar-refractivity contribution in [3.05, 3.63) is 48.4 Å². The van der Waals surface area contributed by atoms with Gasteiger partial charge in [-0.2, -0.15) is 0 Å². The van der Waals surface area contributed by atoms with Crippen LogP contribution in [0, 0.1) is 0 Å². The topological polar surface area (TPSA) is 88.8 Å². The van der Waals surface area contributed by atoms with Gasteiger partial charge in [0, 0.05) is 20.0 Å². The Bertz CT molecular complexity index is 770. The summed E-state index contributed by atoms with van der Waals surface area (Å²) in [5, 5.41) is 2.77. The summed E-state index contributed by atoms with van der Waals surface area (Å²) in [6.45, 7) is 0.447. The first-order valence-corrected chi connectivity index (χ1v) is 9.67. The smallest absolute Gasteiger partial charge is 0.257 e. The molecule has 0 saturated heterocycles. The van der Waals surface area contributed by atoms with Crippen molar-refractivity contribution in [1.82, 2.24) is 5.32 Å². The molecule has 1 heterocycles. The monoisotopic (exact) mass is 366 g/mol. The molecule has 25 heavy (non-hydrogen) atoms. The number of benzene rings is 1. The number of anilines is 1. The molecule has 2 aromatic rings. The van der Waals surface area contributed by atoms with Crippen molar-refractivity contribution in [2.24, 2.45) is 0 Å². The van der Waals surface area contributed by atoms with Crippen molar-refractivity contribution in [2.75, 3.05) is 30.8 Å². The van der Waals surface area contributed by atoms with Crippen LogP contribution in [0.1, 0.15) is 12.2 Å². The predicted octanol–water partition coefficient (Wildman–Crippen LogP) is 1.80. The van der Waals surface area contributed by atoms with Crippen LogP contribution < -0.4 is 14.4 Å². The number of nitrogens with one attached hydrogen (secondary N) is 1. The maximum Gasteiger partial charge on any atom is 0.257 e. The van der Waals surface area contributed by atoms with Crippen LogP contribution in [0.25, 0.3) is 0 Å². The average molecular weight is 366 g/mol. The molecule has 0 radical (unpaired) electrons. The lowest BCUT2D eigenvalue weighted by molar-refractivity contribution is -0.123. The highest BCUT2D eigenvalue weighted by Crippen LogP contribution is 2.20. The second-order valence-electron chi connectivity index (χ2n) is 5.55. The van der Waals surface area contributed by atoms with Gasteiger partial charge in [-0.15, -0.1) is 0 Å². The summed E-state index contributed by atoms with van der Waals surface area (Å²) in [6.07, 6.45) is 4.31. The molecule has 0 fully saturated rings. The highest BCUT2D eigenvalue weighted by atomic mass is 32.2. The molecule has 7 nitrogen and oxygen atoms in total. The van der Waals surface area contributed by atoms with Crippen molar-refractivity contribution in [2.45, 2.75) is 12.8 Å². The van der Waals surface area contributed by atoms with Gasteiger partial charge >= 0.3 is 0 Å². The molecule has 0 aliphatic carbocycles. The van der Waals surface area contributed by atoms with Crippen LogP contribution in [0.4, 0.5) is 5.69 Å². The molecule has 0 spiro atoms. The number of nitrogens with zero attached hydrogens (tertiary/aromatic N) is 1. The number of furan rings is 1. The predicted molar refractivity (Wildman–Crippen MR) is 95.2 cm³/mol. The van der Waals surface area contributed by atoms with Crippen LogP contribution in [0.2, 0.25) is 0 Å². The van der Waals surface area contributed by atoms with Crippen LogP contribution in [-0.2, 0) is 21.2 Å². The molecular weight excluding hydrogens is 344 g/mol. The van der Waals surface area contributed by atoms with Crippen molar-refractivity contribution in [3.8, 4) is 5.75 Å². The van der Waals surface area contributed by atoms with Crippen molar-refractivity contribution < 1.29 is 22.4 Å². The maximum atomic E-state index is 11.7. The lowest BCUT2D eigenvalue weighted by atomic mass is 10.2. The molecule has 1 amide bonds. The van der Waals surface area contributed by atoms with Gasteiger partial charge in [0.1, 0.15) is 11.5 Å². The highest BCUT2D eigenvalue weighted by molar-refractivity contribution is 7.92. The quantitative estimate of drug-likeness (QED) is 0.684. The van der Waals surface area contributed by atoms with E-state index in [4.69, 9.17) is 9.15 Å². The molecule has 0 unspecified atom stereocenters. The first kappa shape index (κ1) is 18.9. The summed E-state index contributed by atoms with van der Waals surface area (Å²) < 4.78 is 34.7. The van der Waals surface area contributed by atoms with E-state index in [2.05, 4.69) is 5.32 Å². The van der Waals surface area contributed by atoms with Gasteiger partial charge in [0.15, 0.2) is 6.61 Å². The Labute approximate surface area is 147 Å². The number of ether oxygens (including phenoxy) is 1. The Hall–Kier alpha value is -2.48. The van der Waals surface area contributed by atoms with E-state index in [1.165, 1.54) is 11.4 Å². The minimum atomic E-state index is -3.30. The third-order valence-corrected chi connectivity index (χ3v) is 4.78. The van der Waals surface area contributed by atoms with E-state index in [1.54, 1.807) is 30.5 Å². The SMILES string of the molecule is CN(c1ccc(OCC(=O)NCCCc2ccco2)cc1)S(C)(=O)=O.